The van der Waals surface area contributed by atoms with Gasteiger partial charge in [0.1, 0.15) is 11.6 Å². The molecule has 1 aliphatic carbocycles. The second-order valence-electron chi connectivity index (χ2n) is 5.44. The zero-order valence-corrected chi connectivity index (χ0v) is 11.5. The number of benzene rings is 2. The van der Waals surface area contributed by atoms with Gasteiger partial charge < -0.3 is 10.4 Å². The van der Waals surface area contributed by atoms with Crippen LogP contribution in [0, 0.1) is 12.7 Å². The number of halogens is 1. The smallest absolute Gasteiger partial charge is 0.126 e. The van der Waals surface area contributed by atoms with E-state index in [1.54, 1.807) is 19.1 Å². The first-order valence-corrected chi connectivity index (χ1v) is 6.98. The maximum atomic E-state index is 13.3. The Balaban J connectivity index is 1.89. The van der Waals surface area contributed by atoms with E-state index in [1.807, 2.05) is 18.2 Å². The van der Waals surface area contributed by atoms with Crippen molar-refractivity contribution >= 4 is 5.69 Å². The average Bonchev–Trinajstić information content (AvgIpc) is 2.44. The van der Waals surface area contributed by atoms with Crippen molar-refractivity contribution in [2.75, 3.05) is 5.32 Å². The number of aromatic hydroxyl groups is 1. The Morgan fingerprint density at radius 1 is 1.20 bits per heavy atom. The van der Waals surface area contributed by atoms with Crippen LogP contribution in [0.3, 0.4) is 0 Å². The summed E-state index contributed by atoms with van der Waals surface area (Å²) in [6.07, 6.45) is 3.19. The van der Waals surface area contributed by atoms with Crippen LogP contribution in [0.25, 0.3) is 0 Å². The van der Waals surface area contributed by atoms with Gasteiger partial charge >= 0.3 is 0 Å². The highest BCUT2D eigenvalue weighted by Gasteiger charge is 2.20. The van der Waals surface area contributed by atoms with Crippen LogP contribution in [0.4, 0.5) is 10.1 Å². The molecule has 0 radical (unpaired) electrons. The quantitative estimate of drug-likeness (QED) is 0.852. The second kappa shape index (κ2) is 5.16. The van der Waals surface area contributed by atoms with Gasteiger partial charge in [-0.3, -0.25) is 0 Å². The summed E-state index contributed by atoms with van der Waals surface area (Å²) in [4.78, 5) is 0. The monoisotopic (exact) mass is 271 g/mol. The molecule has 2 aromatic rings. The summed E-state index contributed by atoms with van der Waals surface area (Å²) in [5.41, 5.74) is 4.00. The first-order valence-electron chi connectivity index (χ1n) is 6.98. The van der Waals surface area contributed by atoms with E-state index in [-0.39, 0.29) is 11.9 Å². The Morgan fingerprint density at radius 2 is 2.05 bits per heavy atom. The molecule has 0 fully saturated rings. The summed E-state index contributed by atoms with van der Waals surface area (Å²) < 4.78 is 13.3. The molecule has 3 rings (SSSR count). The van der Waals surface area contributed by atoms with E-state index in [9.17, 15) is 9.50 Å². The first-order chi connectivity index (χ1) is 9.63. The van der Waals surface area contributed by atoms with Crippen LogP contribution >= 0.6 is 0 Å². The predicted molar refractivity (Wildman–Crippen MR) is 78.5 cm³/mol. The van der Waals surface area contributed by atoms with Crippen LogP contribution in [0.1, 0.15) is 35.6 Å². The van der Waals surface area contributed by atoms with Crippen LogP contribution in [0.15, 0.2) is 36.4 Å². The van der Waals surface area contributed by atoms with Crippen molar-refractivity contribution in [2.45, 2.75) is 32.2 Å². The molecule has 1 unspecified atom stereocenters. The summed E-state index contributed by atoms with van der Waals surface area (Å²) in [7, 11) is 0. The number of aryl methyl sites for hydroxylation is 2. The van der Waals surface area contributed by atoms with Gasteiger partial charge in [-0.1, -0.05) is 6.07 Å². The van der Waals surface area contributed by atoms with E-state index in [0.29, 0.717) is 11.3 Å². The fourth-order valence-corrected chi connectivity index (χ4v) is 2.87. The molecule has 2 aromatic carbocycles. The van der Waals surface area contributed by atoms with Crippen molar-refractivity contribution < 1.29 is 9.50 Å². The fourth-order valence-electron chi connectivity index (χ4n) is 2.87. The van der Waals surface area contributed by atoms with Crippen LogP contribution in [-0.2, 0) is 6.42 Å². The molecule has 0 spiro atoms. The zero-order valence-electron chi connectivity index (χ0n) is 11.5. The van der Waals surface area contributed by atoms with Gasteiger partial charge in [0.05, 0.1) is 6.04 Å². The lowest BCUT2D eigenvalue weighted by molar-refractivity contribution is 0.471. The minimum atomic E-state index is -0.183. The number of hydrogen-bond acceptors (Lipinski definition) is 2. The largest absolute Gasteiger partial charge is 0.508 e. The number of fused-ring (bicyclic) bond motifs is 1. The molecule has 0 bridgehead atoms. The van der Waals surface area contributed by atoms with Gasteiger partial charge in [-0.05, 0) is 73.2 Å². The van der Waals surface area contributed by atoms with Crippen molar-refractivity contribution in [2.24, 2.45) is 0 Å². The van der Waals surface area contributed by atoms with Gasteiger partial charge in [0.25, 0.3) is 0 Å². The Bertz CT molecular complexity index is 639. The number of rotatable bonds is 2. The van der Waals surface area contributed by atoms with Gasteiger partial charge in [0.15, 0.2) is 0 Å². The highest BCUT2D eigenvalue weighted by molar-refractivity contribution is 5.50. The molecule has 20 heavy (non-hydrogen) atoms. The van der Waals surface area contributed by atoms with Crippen LogP contribution in [-0.4, -0.2) is 5.11 Å². The molecule has 0 heterocycles. The minimum Gasteiger partial charge on any atom is -0.508 e. The topological polar surface area (TPSA) is 32.3 Å². The van der Waals surface area contributed by atoms with Gasteiger partial charge in [-0.25, -0.2) is 4.39 Å². The molecule has 0 aromatic heterocycles. The summed E-state index contributed by atoms with van der Waals surface area (Å²) >= 11 is 0. The van der Waals surface area contributed by atoms with Crippen LogP contribution in [0.2, 0.25) is 0 Å². The lowest BCUT2D eigenvalue weighted by atomic mass is 9.87. The third kappa shape index (κ3) is 2.48. The maximum Gasteiger partial charge on any atom is 0.126 e. The Labute approximate surface area is 118 Å². The van der Waals surface area contributed by atoms with Gasteiger partial charge in [-0.2, -0.15) is 0 Å². The van der Waals surface area contributed by atoms with Crippen LogP contribution in [0.5, 0.6) is 5.75 Å². The van der Waals surface area contributed by atoms with E-state index >= 15 is 0 Å². The Morgan fingerprint density at radius 3 is 2.85 bits per heavy atom. The molecule has 1 aliphatic rings. The average molecular weight is 271 g/mol. The number of phenols is 1. The van der Waals surface area contributed by atoms with Crippen molar-refractivity contribution in [1.29, 1.82) is 0 Å². The van der Waals surface area contributed by atoms with E-state index in [1.165, 1.54) is 11.6 Å². The summed E-state index contributed by atoms with van der Waals surface area (Å²) in [6, 6.07) is 10.8. The van der Waals surface area contributed by atoms with E-state index in [0.717, 1.165) is 30.5 Å². The lowest BCUT2D eigenvalue weighted by Crippen LogP contribution is -2.17. The standard InChI is InChI=1S/C17H18FNO/c1-11-9-13(6-8-16(11)18)19-17-4-2-3-12-5-7-14(20)10-15(12)17/h5-10,17,19-20H,2-4H2,1H3. The SMILES string of the molecule is Cc1cc(NC2CCCc3ccc(O)cc32)ccc1F. The lowest BCUT2D eigenvalue weighted by Gasteiger charge is -2.27. The number of hydrogen-bond donors (Lipinski definition) is 2. The van der Waals surface area contributed by atoms with Crippen molar-refractivity contribution in [3.63, 3.8) is 0 Å². The van der Waals surface area contributed by atoms with E-state index in [2.05, 4.69) is 5.32 Å². The molecule has 0 amide bonds. The van der Waals surface area contributed by atoms with Crippen molar-refractivity contribution in [3.05, 3.63) is 58.9 Å². The first kappa shape index (κ1) is 13.0. The third-order valence-electron chi connectivity index (χ3n) is 3.94. The second-order valence-corrected chi connectivity index (χ2v) is 5.44. The Hall–Kier alpha value is -2.03. The van der Waals surface area contributed by atoms with E-state index < -0.39 is 0 Å². The van der Waals surface area contributed by atoms with Crippen molar-refractivity contribution in [3.8, 4) is 5.75 Å². The molecular formula is C17H18FNO. The van der Waals surface area contributed by atoms with Gasteiger partial charge in [0, 0.05) is 5.69 Å². The third-order valence-corrected chi connectivity index (χ3v) is 3.94. The van der Waals surface area contributed by atoms with Gasteiger partial charge in [-0.15, -0.1) is 0 Å². The number of nitrogens with one attached hydrogen (secondary N) is 1. The molecular weight excluding hydrogens is 253 g/mol. The summed E-state index contributed by atoms with van der Waals surface area (Å²) in [5, 5.41) is 13.1. The summed E-state index contributed by atoms with van der Waals surface area (Å²) in [5.74, 6) is 0.116. The van der Waals surface area contributed by atoms with E-state index in [4.69, 9.17) is 0 Å². The molecule has 0 saturated heterocycles. The highest BCUT2D eigenvalue weighted by atomic mass is 19.1. The molecule has 0 aliphatic heterocycles. The Kier molecular flexibility index (Phi) is 3.35. The number of anilines is 1. The van der Waals surface area contributed by atoms with Gasteiger partial charge in [0.2, 0.25) is 0 Å². The molecule has 2 N–H and O–H groups in total. The fraction of sp³-hybridized carbons (Fsp3) is 0.294. The number of phenolic OH excluding ortho intramolecular Hbond substituents is 1. The molecule has 2 nitrogen and oxygen atoms in total. The van der Waals surface area contributed by atoms with Crippen LogP contribution < -0.4 is 5.32 Å². The highest BCUT2D eigenvalue weighted by Crippen LogP contribution is 2.34. The summed E-state index contributed by atoms with van der Waals surface area (Å²) in [6.45, 7) is 1.77. The minimum absolute atomic E-state index is 0.177. The molecule has 0 saturated carbocycles. The van der Waals surface area contributed by atoms with Crippen molar-refractivity contribution in [1.82, 2.24) is 0 Å². The maximum absolute atomic E-state index is 13.3. The zero-order chi connectivity index (χ0) is 14.1. The predicted octanol–water partition coefficient (Wildman–Crippen LogP) is 4.33. The molecule has 3 heteroatoms. The molecule has 1 atom stereocenters. The normalized spacial score (nSPS) is 17.6. The molecule has 104 valence electrons.